The fraction of sp³-hybridized carbons (Fsp3) is 0.273. The van der Waals surface area contributed by atoms with Gasteiger partial charge in [0.2, 0.25) is 0 Å². The number of carbonyl (C=O) groups is 2. The van der Waals surface area contributed by atoms with Crippen LogP contribution in [0.2, 0.25) is 0 Å². The molecule has 0 aliphatic heterocycles. The van der Waals surface area contributed by atoms with Crippen molar-refractivity contribution in [3.63, 3.8) is 0 Å². The van der Waals surface area contributed by atoms with Crippen LogP contribution < -0.4 is 19.5 Å². The van der Waals surface area contributed by atoms with Crippen LogP contribution in [-0.2, 0) is 4.79 Å². The number of hydrogen-bond acceptors (Lipinski definition) is 5. The van der Waals surface area contributed by atoms with Crippen molar-refractivity contribution in [3.8, 4) is 17.2 Å². The molecule has 0 aliphatic rings. The van der Waals surface area contributed by atoms with Crippen LogP contribution >= 0.6 is 0 Å². The predicted molar refractivity (Wildman–Crippen MR) is 112 cm³/mol. The van der Waals surface area contributed by atoms with Gasteiger partial charge in [-0.1, -0.05) is 18.2 Å². The Morgan fingerprint density at radius 1 is 1.06 bits per heavy atom. The number of amides is 2. The minimum Gasteiger partial charge on any atom is -0.495 e. The van der Waals surface area contributed by atoms with E-state index < -0.39 is 24.5 Å². The zero-order chi connectivity index (χ0) is 23.7. The van der Waals surface area contributed by atoms with Crippen molar-refractivity contribution >= 4 is 17.5 Å². The number of ether oxygens (including phenoxy) is 3. The number of nitrogens with one attached hydrogen (secondary N) is 1. The molecule has 172 valence electrons. The maximum atomic E-state index is 12.8. The summed E-state index contributed by atoms with van der Waals surface area (Å²) in [5, 5.41) is 2.64. The zero-order valence-corrected chi connectivity index (χ0v) is 17.6. The molecule has 0 saturated carbocycles. The molecule has 2 aromatic rings. The Bertz CT molecular complexity index is 963. The minimum atomic E-state index is -4.55. The number of alkyl halides is 3. The summed E-state index contributed by atoms with van der Waals surface area (Å²) in [5.74, 6) is -0.610. The fourth-order valence-corrected chi connectivity index (χ4v) is 2.77. The lowest BCUT2D eigenvalue weighted by Gasteiger charge is -2.23. The van der Waals surface area contributed by atoms with E-state index in [1.165, 1.54) is 38.5 Å². The van der Waals surface area contributed by atoms with Gasteiger partial charge in [0.1, 0.15) is 12.3 Å². The number of benzene rings is 2. The highest BCUT2D eigenvalue weighted by Crippen LogP contribution is 2.29. The lowest BCUT2D eigenvalue weighted by molar-refractivity contribution is -0.139. The van der Waals surface area contributed by atoms with Gasteiger partial charge in [-0.15, -0.1) is 6.58 Å². The van der Waals surface area contributed by atoms with Crippen LogP contribution in [0, 0.1) is 0 Å². The molecule has 0 fully saturated rings. The molecule has 7 nitrogen and oxygen atoms in total. The maximum Gasteiger partial charge on any atom is 0.406 e. The van der Waals surface area contributed by atoms with E-state index in [1.807, 2.05) is 0 Å². The van der Waals surface area contributed by atoms with Gasteiger partial charge in [0.15, 0.2) is 18.1 Å². The van der Waals surface area contributed by atoms with Gasteiger partial charge in [-0.3, -0.25) is 9.59 Å². The third-order valence-electron chi connectivity index (χ3n) is 4.16. The molecule has 2 aromatic carbocycles. The van der Waals surface area contributed by atoms with Crippen LogP contribution in [0.4, 0.5) is 18.9 Å². The second kappa shape index (κ2) is 11.1. The smallest absolute Gasteiger partial charge is 0.406 e. The summed E-state index contributed by atoms with van der Waals surface area (Å²) < 4.78 is 54.1. The highest BCUT2D eigenvalue weighted by molar-refractivity contribution is 5.95. The molecule has 32 heavy (non-hydrogen) atoms. The molecule has 0 unspecified atom stereocenters. The SMILES string of the molecule is C=CCN(CC(F)(F)F)C(=O)c1ccc(OCC(=O)Nc2ccccc2OC)c(OC)c1. The monoisotopic (exact) mass is 452 g/mol. The lowest BCUT2D eigenvalue weighted by Crippen LogP contribution is -2.39. The molecule has 0 bridgehead atoms. The molecule has 0 spiro atoms. The standard InChI is InChI=1S/C22H23F3N2O5/c1-4-11-27(14-22(23,24)25)21(29)15-9-10-18(19(12-15)31-3)32-13-20(28)26-16-7-5-6-8-17(16)30-2/h4-10,12H,1,11,13-14H2,2-3H3,(H,26,28). The zero-order valence-electron chi connectivity index (χ0n) is 17.6. The summed E-state index contributed by atoms with van der Waals surface area (Å²) in [6, 6.07) is 10.7. The van der Waals surface area contributed by atoms with Crippen molar-refractivity contribution in [1.82, 2.24) is 4.90 Å². The Balaban J connectivity index is 2.10. The Morgan fingerprint density at radius 2 is 1.75 bits per heavy atom. The van der Waals surface area contributed by atoms with E-state index in [-0.39, 0.29) is 30.2 Å². The molecule has 2 rings (SSSR count). The largest absolute Gasteiger partial charge is 0.495 e. The number of carbonyl (C=O) groups excluding carboxylic acids is 2. The molecule has 2 amide bonds. The van der Waals surface area contributed by atoms with Crippen LogP contribution in [0.5, 0.6) is 17.2 Å². The number of anilines is 1. The molecule has 0 saturated heterocycles. The first-order chi connectivity index (χ1) is 15.2. The molecule has 1 N–H and O–H groups in total. The molecule has 0 aliphatic carbocycles. The Hall–Kier alpha value is -3.69. The first-order valence-corrected chi connectivity index (χ1v) is 9.39. The average molecular weight is 452 g/mol. The highest BCUT2D eigenvalue weighted by Gasteiger charge is 2.33. The van der Waals surface area contributed by atoms with Gasteiger partial charge in [-0.05, 0) is 30.3 Å². The molecule has 0 radical (unpaired) electrons. The van der Waals surface area contributed by atoms with Gasteiger partial charge in [0, 0.05) is 12.1 Å². The summed E-state index contributed by atoms with van der Waals surface area (Å²) >= 11 is 0. The molecule has 0 aromatic heterocycles. The maximum absolute atomic E-state index is 12.8. The van der Waals surface area contributed by atoms with E-state index in [9.17, 15) is 22.8 Å². The van der Waals surface area contributed by atoms with Crippen molar-refractivity contribution in [2.24, 2.45) is 0 Å². The number of methoxy groups -OCH3 is 2. The number of para-hydroxylation sites is 2. The second-order valence-corrected chi connectivity index (χ2v) is 6.49. The minimum absolute atomic E-state index is 0.0289. The van der Waals surface area contributed by atoms with Crippen molar-refractivity contribution < 1.29 is 37.0 Å². The fourth-order valence-electron chi connectivity index (χ4n) is 2.77. The van der Waals surface area contributed by atoms with Gasteiger partial charge >= 0.3 is 6.18 Å². The van der Waals surface area contributed by atoms with Gasteiger partial charge in [0.25, 0.3) is 11.8 Å². The quantitative estimate of drug-likeness (QED) is 0.553. The molecule has 0 heterocycles. The molecule has 0 atom stereocenters. The summed E-state index contributed by atoms with van der Waals surface area (Å²) in [6.07, 6.45) is -3.35. The second-order valence-electron chi connectivity index (χ2n) is 6.49. The van der Waals surface area contributed by atoms with Gasteiger partial charge < -0.3 is 24.4 Å². The summed E-state index contributed by atoms with van der Waals surface area (Å²) in [5.41, 5.74) is 0.433. The first kappa shape index (κ1) is 24.6. The van der Waals surface area contributed by atoms with E-state index >= 15 is 0 Å². The van der Waals surface area contributed by atoms with Crippen LogP contribution in [0.15, 0.2) is 55.1 Å². The van der Waals surface area contributed by atoms with Gasteiger partial charge in [-0.2, -0.15) is 13.2 Å². The van der Waals surface area contributed by atoms with Crippen molar-refractivity contribution in [2.75, 3.05) is 39.2 Å². The van der Waals surface area contributed by atoms with Crippen molar-refractivity contribution in [3.05, 3.63) is 60.7 Å². The van der Waals surface area contributed by atoms with Crippen LogP contribution in [0.1, 0.15) is 10.4 Å². The van der Waals surface area contributed by atoms with E-state index in [0.29, 0.717) is 16.3 Å². The van der Waals surface area contributed by atoms with E-state index in [1.54, 1.807) is 24.3 Å². The first-order valence-electron chi connectivity index (χ1n) is 9.39. The van der Waals surface area contributed by atoms with E-state index in [0.717, 1.165) is 0 Å². The van der Waals surface area contributed by atoms with Crippen LogP contribution in [-0.4, -0.2) is 56.8 Å². The third-order valence-corrected chi connectivity index (χ3v) is 4.16. The normalized spacial score (nSPS) is 10.8. The van der Waals surface area contributed by atoms with Crippen LogP contribution in [0.3, 0.4) is 0 Å². The molecular weight excluding hydrogens is 429 g/mol. The van der Waals surface area contributed by atoms with Crippen molar-refractivity contribution in [1.29, 1.82) is 0 Å². The van der Waals surface area contributed by atoms with Gasteiger partial charge in [-0.25, -0.2) is 0 Å². The van der Waals surface area contributed by atoms with E-state index in [2.05, 4.69) is 11.9 Å². The Kier molecular flexibility index (Phi) is 8.51. The van der Waals surface area contributed by atoms with Crippen LogP contribution in [0.25, 0.3) is 0 Å². The number of halogens is 3. The predicted octanol–water partition coefficient (Wildman–Crippen LogP) is 3.91. The molecular formula is C22H23F3N2O5. The highest BCUT2D eigenvalue weighted by atomic mass is 19.4. The topological polar surface area (TPSA) is 77.1 Å². The van der Waals surface area contributed by atoms with Crippen molar-refractivity contribution in [2.45, 2.75) is 6.18 Å². The number of nitrogens with zero attached hydrogens (tertiary/aromatic N) is 1. The number of rotatable bonds is 10. The number of hydrogen-bond donors (Lipinski definition) is 1. The Morgan fingerprint density at radius 3 is 2.38 bits per heavy atom. The summed E-state index contributed by atoms with van der Waals surface area (Å²) in [6.45, 7) is 1.32. The molecule has 10 heteroatoms. The Labute approximate surface area is 183 Å². The summed E-state index contributed by atoms with van der Waals surface area (Å²) in [4.78, 5) is 25.4. The lowest BCUT2D eigenvalue weighted by atomic mass is 10.1. The average Bonchev–Trinajstić information content (AvgIpc) is 2.76. The van der Waals surface area contributed by atoms with E-state index in [4.69, 9.17) is 14.2 Å². The third kappa shape index (κ3) is 6.93. The summed E-state index contributed by atoms with van der Waals surface area (Å²) in [7, 11) is 2.78. The van der Waals surface area contributed by atoms with Gasteiger partial charge in [0.05, 0.1) is 19.9 Å².